The van der Waals surface area contributed by atoms with Gasteiger partial charge in [0, 0.05) is 5.56 Å². The number of hydrogen-bond donors (Lipinski definition) is 0. The van der Waals surface area contributed by atoms with Crippen molar-refractivity contribution in [2.75, 3.05) is 13.7 Å². The Hall–Kier alpha value is -1.02. The molecule has 1 unspecified atom stereocenters. The largest absolute Gasteiger partial charge is 0.496 e. The van der Waals surface area contributed by atoms with Gasteiger partial charge in [-0.15, -0.1) is 0 Å². The molecular weight excluding hydrogens is 176 g/mol. The summed E-state index contributed by atoms with van der Waals surface area (Å²) in [6.07, 6.45) is 0.268. The van der Waals surface area contributed by atoms with Crippen molar-refractivity contribution in [3.05, 3.63) is 28.3 Å². The summed E-state index contributed by atoms with van der Waals surface area (Å²) in [5.74, 6) is 1.00. The van der Waals surface area contributed by atoms with Gasteiger partial charge in [0.15, 0.2) is 0 Å². The van der Waals surface area contributed by atoms with Crippen molar-refractivity contribution >= 4 is 0 Å². The fourth-order valence-electron chi connectivity index (χ4n) is 1.95. The SMILES string of the molecule is COc1c(C)c(C)cc(C)c1C1CO1. The fourth-order valence-corrected chi connectivity index (χ4v) is 1.95. The molecule has 1 aliphatic heterocycles. The van der Waals surface area contributed by atoms with E-state index in [1.165, 1.54) is 22.3 Å². The molecule has 0 aromatic heterocycles. The van der Waals surface area contributed by atoms with E-state index in [1.807, 2.05) is 0 Å². The standard InChI is InChI=1S/C12H16O2/c1-7-5-8(2)11(10-6-14-10)12(13-4)9(7)3/h5,10H,6H2,1-4H3. The van der Waals surface area contributed by atoms with Crippen LogP contribution in [0.1, 0.15) is 28.4 Å². The van der Waals surface area contributed by atoms with Crippen LogP contribution in [0.25, 0.3) is 0 Å². The zero-order valence-electron chi connectivity index (χ0n) is 9.18. The molecule has 14 heavy (non-hydrogen) atoms. The van der Waals surface area contributed by atoms with E-state index >= 15 is 0 Å². The number of hydrogen-bond acceptors (Lipinski definition) is 2. The number of methoxy groups -OCH3 is 1. The van der Waals surface area contributed by atoms with Crippen LogP contribution in [-0.2, 0) is 4.74 Å². The fraction of sp³-hybridized carbons (Fsp3) is 0.500. The van der Waals surface area contributed by atoms with Gasteiger partial charge in [-0.1, -0.05) is 6.07 Å². The second-order valence-electron chi connectivity index (χ2n) is 3.90. The van der Waals surface area contributed by atoms with Gasteiger partial charge in [-0.3, -0.25) is 0 Å². The number of epoxide rings is 1. The average molecular weight is 192 g/mol. The second kappa shape index (κ2) is 3.28. The Labute approximate surface area is 84.8 Å². The predicted octanol–water partition coefficient (Wildman–Crippen LogP) is 2.69. The van der Waals surface area contributed by atoms with Crippen LogP contribution in [0.4, 0.5) is 0 Å². The van der Waals surface area contributed by atoms with Gasteiger partial charge >= 0.3 is 0 Å². The first-order valence-corrected chi connectivity index (χ1v) is 4.91. The molecule has 2 heteroatoms. The highest BCUT2D eigenvalue weighted by Crippen LogP contribution is 2.41. The summed E-state index contributed by atoms with van der Waals surface area (Å²) in [7, 11) is 1.73. The van der Waals surface area contributed by atoms with Crippen LogP contribution in [-0.4, -0.2) is 13.7 Å². The molecule has 0 radical (unpaired) electrons. The zero-order chi connectivity index (χ0) is 10.3. The lowest BCUT2D eigenvalue weighted by Crippen LogP contribution is -1.99. The quantitative estimate of drug-likeness (QED) is 0.672. The normalized spacial score (nSPS) is 19.6. The molecule has 0 amide bonds. The lowest BCUT2D eigenvalue weighted by molar-refractivity contribution is 0.380. The van der Waals surface area contributed by atoms with Crippen molar-refractivity contribution in [2.24, 2.45) is 0 Å². The van der Waals surface area contributed by atoms with Gasteiger partial charge in [-0.05, 0) is 37.5 Å². The third-order valence-corrected chi connectivity index (χ3v) is 2.89. The van der Waals surface area contributed by atoms with E-state index in [9.17, 15) is 0 Å². The van der Waals surface area contributed by atoms with Gasteiger partial charge in [0.1, 0.15) is 11.9 Å². The monoisotopic (exact) mass is 192 g/mol. The van der Waals surface area contributed by atoms with Gasteiger partial charge < -0.3 is 9.47 Å². The molecule has 1 saturated heterocycles. The average Bonchev–Trinajstić information content (AvgIpc) is 2.94. The minimum absolute atomic E-state index is 0.268. The molecule has 2 rings (SSSR count). The molecule has 1 aromatic carbocycles. The first-order chi connectivity index (χ1) is 6.65. The molecule has 0 aliphatic carbocycles. The van der Waals surface area contributed by atoms with Crippen molar-refractivity contribution < 1.29 is 9.47 Å². The topological polar surface area (TPSA) is 21.8 Å². The summed E-state index contributed by atoms with van der Waals surface area (Å²) < 4.78 is 10.8. The smallest absolute Gasteiger partial charge is 0.128 e. The third-order valence-electron chi connectivity index (χ3n) is 2.89. The summed E-state index contributed by atoms with van der Waals surface area (Å²) in [6, 6.07) is 2.20. The van der Waals surface area contributed by atoms with E-state index in [2.05, 4.69) is 26.8 Å². The van der Waals surface area contributed by atoms with Gasteiger partial charge in [0.2, 0.25) is 0 Å². The van der Waals surface area contributed by atoms with Gasteiger partial charge in [-0.2, -0.15) is 0 Å². The van der Waals surface area contributed by atoms with Crippen molar-refractivity contribution in [1.82, 2.24) is 0 Å². The van der Waals surface area contributed by atoms with E-state index in [0.717, 1.165) is 12.4 Å². The van der Waals surface area contributed by atoms with Crippen LogP contribution < -0.4 is 4.74 Å². The van der Waals surface area contributed by atoms with Gasteiger partial charge in [0.25, 0.3) is 0 Å². The maximum absolute atomic E-state index is 5.46. The Morgan fingerprint density at radius 2 is 1.93 bits per heavy atom. The third kappa shape index (κ3) is 1.40. The summed E-state index contributed by atoms with van der Waals surface area (Å²) in [5.41, 5.74) is 5.01. The summed E-state index contributed by atoms with van der Waals surface area (Å²) in [5, 5.41) is 0. The molecule has 1 atom stereocenters. The Kier molecular flexibility index (Phi) is 2.23. The molecule has 2 nitrogen and oxygen atoms in total. The molecule has 1 aromatic rings. The predicted molar refractivity (Wildman–Crippen MR) is 55.9 cm³/mol. The highest BCUT2D eigenvalue weighted by Gasteiger charge is 2.30. The van der Waals surface area contributed by atoms with E-state index in [0.29, 0.717) is 0 Å². The number of aryl methyl sites for hydroxylation is 2. The molecule has 0 bridgehead atoms. The Morgan fingerprint density at radius 3 is 2.43 bits per heavy atom. The molecule has 1 heterocycles. The van der Waals surface area contributed by atoms with E-state index in [-0.39, 0.29) is 6.10 Å². The van der Waals surface area contributed by atoms with Crippen LogP contribution in [0.3, 0.4) is 0 Å². The first kappa shape index (κ1) is 9.53. The molecule has 0 saturated carbocycles. The molecule has 0 N–H and O–H groups in total. The van der Waals surface area contributed by atoms with Crippen molar-refractivity contribution in [3.8, 4) is 5.75 Å². The lowest BCUT2D eigenvalue weighted by atomic mass is 9.97. The maximum atomic E-state index is 5.46. The summed E-state index contributed by atoms with van der Waals surface area (Å²) in [4.78, 5) is 0. The molecular formula is C12H16O2. The number of rotatable bonds is 2. The Morgan fingerprint density at radius 1 is 1.29 bits per heavy atom. The molecule has 0 spiro atoms. The maximum Gasteiger partial charge on any atom is 0.128 e. The summed E-state index contributed by atoms with van der Waals surface area (Å²) >= 11 is 0. The van der Waals surface area contributed by atoms with E-state index in [4.69, 9.17) is 9.47 Å². The van der Waals surface area contributed by atoms with Crippen LogP contribution in [0.2, 0.25) is 0 Å². The highest BCUT2D eigenvalue weighted by molar-refractivity contribution is 5.51. The highest BCUT2D eigenvalue weighted by atomic mass is 16.6. The second-order valence-corrected chi connectivity index (χ2v) is 3.90. The molecule has 1 aliphatic rings. The number of benzene rings is 1. The lowest BCUT2D eigenvalue weighted by Gasteiger charge is -2.14. The van der Waals surface area contributed by atoms with Crippen LogP contribution >= 0.6 is 0 Å². The van der Waals surface area contributed by atoms with E-state index < -0.39 is 0 Å². The minimum atomic E-state index is 0.268. The van der Waals surface area contributed by atoms with Crippen LogP contribution in [0.5, 0.6) is 5.75 Å². The Bertz CT molecular complexity index is 365. The minimum Gasteiger partial charge on any atom is -0.496 e. The molecule has 76 valence electrons. The Balaban J connectivity index is 2.60. The zero-order valence-corrected chi connectivity index (χ0v) is 9.18. The van der Waals surface area contributed by atoms with Crippen molar-refractivity contribution in [3.63, 3.8) is 0 Å². The van der Waals surface area contributed by atoms with Crippen LogP contribution in [0.15, 0.2) is 6.07 Å². The van der Waals surface area contributed by atoms with Crippen LogP contribution in [0, 0.1) is 20.8 Å². The van der Waals surface area contributed by atoms with Gasteiger partial charge in [-0.25, -0.2) is 0 Å². The van der Waals surface area contributed by atoms with Crippen molar-refractivity contribution in [1.29, 1.82) is 0 Å². The number of ether oxygens (including phenoxy) is 2. The summed E-state index contributed by atoms with van der Waals surface area (Å²) in [6.45, 7) is 7.16. The first-order valence-electron chi connectivity index (χ1n) is 4.91. The van der Waals surface area contributed by atoms with E-state index in [1.54, 1.807) is 7.11 Å². The van der Waals surface area contributed by atoms with Gasteiger partial charge in [0.05, 0.1) is 13.7 Å². The van der Waals surface area contributed by atoms with Crippen molar-refractivity contribution in [2.45, 2.75) is 26.9 Å². The molecule has 1 fully saturated rings.